The number of aryl methyl sites for hydroxylation is 1. The third-order valence-corrected chi connectivity index (χ3v) is 6.61. The standard InChI is InChI=1S/C22H28N2O4S/c1-4-28-20-11-9-19(10-12-20)23-29(26,27)21-14-18(8-7-17(21)3)22(25)24-13-5-6-16(2)15-24/h7-12,14,16,23H,4-6,13,15H2,1-3H3. The minimum Gasteiger partial charge on any atom is -0.494 e. The van der Waals surface area contributed by atoms with Gasteiger partial charge in [0.2, 0.25) is 0 Å². The molecule has 2 aromatic carbocycles. The van der Waals surface area contributed by atoms with E-state index in [0.29, 0.717) is 48.2 Å². The Bertz CT molecular complexity index is 971. The Morgan fingerprint density at radius 1 is 1.21 bits per heavy atom. The molecule has 6 nitrogen and oxygen atoms in total. The van der Waals surface area contributed by atoms with Crippen LogP contribution in [0.3, 0.4) is 0 Å². The zero-order chi connectivity index (χ0) is 21.0. The molecule has 0 saturated carbocycles. The van der Waals surface area contributed by atoms with E-state index in [1.54, 1.807) is 43.3 Å². The smallest absolute Gasteiger partial charge is 0.262 e. The number of benzene rings is 2. The molecule has 1 aliphatic rings. The summed E-state index contributed by atoms with van der Waals surface area (Å²) in [6.45, 7) is 7.71. The molecule has 1 heterocycles. The predicted octanol–water partition coefficient (Wildman–Crippen LogP) is 4.07. The molecule has 0 spiro atoms. The molecule has 1 unspecified atom stereocenters. The summed E-state index contributed by atoms with van der Waals surface area (Å²) in [4.78, 5) is 14.8. The SMILES string of the molecule is CCOc1ccc(NS(=O)(=O)c2cc(C(=O)N3CCCC(C)C3)ccc2C)cc1. The summed E-state index contributed by atoms with van der Waals surface area (Å²) in [6, 6.07) is 11.6. The maximum Gasteiger partial charge on any atom is 0.262 e. The molecular formula is C22H28N2O4S. The van der Waals surface area contributed by atoms with Crippen molar-refractivity contribution in [3.63, 3.8) is 0 Å². The Kier molecular flexibility index (Phi) is 6.47. The fraction of sp³-hybridized carbons (Fsp3) is 0.409. The minimum absolute atomic E-state index is 0.113. The summed E-state index contributed by atoms with van der Waals surface area (Å²) in [5.41, 5.74) is 1.43. The lowest BCUT2D eigenvalue weighted by Crippen LogP contribution is -2.39. The lowest BCUT2D eigenvalue weighted by atomic mass is 9.99. The van der Waals surface area contributed by atoms with E-state index in [9.17, 15) is 13.2 Å². The van der Waals surface area contributed by atoms with Crippen molar-refractivity contribution in [1.82, 2.24) is 4.90 Å². The number of nitrogens with one attached hydrogen (secondary N) is 1. The van der Waals surface area contributed by atoms with Gasteiger partial charge in [-0.2, -0.15) is 0 Å². The van der Waals surface area contributed by atoms with Crippen molar-refractivity contribution in [2.45, 2.75) is 38.5 Å². The van der Waals surface area contributed by atoms with E-state index in [1.165, 1.54) is 6.07 Å². The van der Waals surface area contributed by atoms with Crippen LogP contribution in [0.25, 0.3) is 0 Å². The zero-order valence-corrected chi connectivity index (χ0v) is 18.0. The van der Waals surface area contributed by atoms with Crippen LogP contribution >= 0.6 is 0 Å². The van der Waals surface area contributed by atoms with Gasteiger partial charge in [0.05, 0.1) is 11.5 Å². The van der Waals surface area contributed by atoms with Gasteiger partial charge in [0.15, 0.2) is 0 Å². The van der Waals surface area contributed by atoms with Crippen molar-refractivity contribution in [3.05, 3.63) is 53.6 Å². The Balaban J connectivity index is 1.83. The van der Waals surface area contributed by atoms with Crippen LogP contribution in [-0.2, 0) is 10.0 Å². The molecule has 1 saturated heterocycles. The first-order chi connectivity index (χ1) is 13.8. The Morgan fingerprint density at radius 2 is 1.93 bits per heavy atom. The van der Waals surface area contributed by atoms with E-state index < -0.39 is 10.0 Å². The molecule has 0 aliphatic carbocycles. The first-order valence-corrected chi connectivity index (χ1v) is 11.4. The normalized spacial score (nSPS) is 17.1. The molecule has 1 N–H and O–H groups in total. The molecule has 7 heteroatoms. The number of sulfonamides is 1. The van der Waals surface area contributed by atoms with E-state index in [2.05, 4.69) is 11.6 Å². The highest BCUT2D eigenvalue weighted by Gasteiger charge is 2.24. The topological polar surface area (TPSA) is 75.7 Å². The highest BCUT2D eigenvalue weighted by Crippen LogP contribution is 2.24. The number of rotatable bonds is 6. The lowest BCUT2D eigenvalue weighted by Gasteiger charge is -2.31. The van der Waals surface area contributed by atoms with E-state index in [4.69, 9.17) is 4.74 Å². The van der Waals surface area contributed by atoms with Gasteiger partial charge < -0.3 is 9.64 Å². The van der Waals surface area contributed by atoms with Crippen molar-refractivity contribution in [2.24, 2.45) is 5.92 Å². The number of piperidine rings is 1. The van der Waals surface area contributed by atoms with E-state index in [-0.39, 0.29) is 10.8 Å². The number of amides is 1. The zero-order valence-electron chi connectivity index (χ0n) is 17.1. The molecule has 1 aliphatic heterocycles. The Hall–Kier alpha value is -2.54. The Labute approximate surface area is 172 Å². The van der Waals surface area contributed by atoms with E-state index >= 15 is 0 Å². The molecule has 3 rings (SSSR count). The summed E-state index contributed by atoms with van der Waals surface area (Å²) in [6.07, 6.45) is 2.09. The van der Waals surface area contributed by atoms with Gasteiger partial charge in [0, 0.05) is 24.3 Å². The molecule has 29 heavy (non-hydrogen) atoms. The van der Waals surface area contributed by atoms with Gasteiger partial charge in [-0.3, -0.25) is 9.52 Å². The maximum atomic E-state index is 13.0. The number of likely N-dealkylation sites (tertiary alicyclic amines) is 1. The first-order valence-electron chi connectivity index (χ1n) is 9.95. The van der Waals surface area contributed by atoms with Crippen molar-refractivity contribution >= 4 is 21.6 Å². The third-order valence-electron chi connectivity index (χ3n) is 5.09. The average Bonchev–Trinajstić information content (AvgIpc) is 2.69. The number of ether oxygens (including phenoxy) is 1. The van der Waals surface area contributed by atoms with Gasteiger partial charge in [-0.25, -0.2) is 8.42 Å². The van der Waals surface area contributed by atoms with Gasteiger partial charge in [-0.15, -0.1) is 0 Å². The van der Waals surface area contributed by atoms with Gasteiger partial charge in [-0.05, 0) is 74.6 Å². The summed E-state index contributed by atoms with van der Waals surface area (Å²) < 4.78 is 33.9. The molecule has 1 amide bonds. The first kappa shape index (κ1) is 21.2. The second kappa shape index (κ2) is 8.86. The summed E-state index contributed by atoms with van der Waals surface area (Å²) in [5.74, 6) is 1.02. The maximum absolute atomic E-state index is 13.0. The van der Waals surface area contributed by atoms with Crippen LogP contribution in [0.1, 0.15) is 42.6 Å². The molecule has 1 atom stereocenters. The van der Waals surface area contributed by atoms with Crippen molar-refractivity contribution < 1.29 is 17.9 Å². The number of hydrogen-bond acceptors (Lipinski definition) is 4. The summed E-state index contributed by atoms with van der Waals surface area (Å²) in [7, 11) is -3.83. The fourth-order valence-electron chi connectivity index (χ4n) is 3.58. The second-order valence-electron chi connectivity index (χ2n) is 7.54. The van der Waals surface area contributed by atoms with Gasteiger partial charge in [-0.1, -0.05) is 13.0 Å². The molecule has 0 bridgehead atoms. The largest absolute Gasteiger partial charge is 0.494 e. The molecule has 2 aromatic rings. The summed E-state index contributed by atoms with van der Waals surface area (Å²) in [5, 5.41) is 0. The number of anilines is 1. The van der Waals surface area contributed by atoms with Gasteiger partial charge in [0.25, 0.3) is 15.9 Å². The molecule has 0 radical (unpaired) electrons. The minimum atomic E-state index is -3.83. The van der Waals surface area contributed by atoms with Crippen LogP contribution in [0.5, 0.6) is 5.75 Å². The quantitative estimate of drug-likeness (QED) is 0.770. The number of carbonyl (C=O) groups is 1. The fourth-order valence-corrected chi connectivity index (χ4v) is 4.91. The number of nitrogens with zero attached hydrogens (tertiary/aromatic N) is 1. The second-order valence-corrected chi connectivity index (χ2v) is 9.19. The van der Waals surface area contributed by atoms with E-state index in [1.807, 2.05) is 11.8 Å². The van der Waals surface area contributed by atoms with Crippen molar-refractivity contribution in [1.29, 1.82) is 0 Å². The van der Waals surface area contributed by atoms with Crippen LogP contribution in [0.4, 0.5) is 5.69 Å². The highest BCUT2D eigenvalue weighted by atomic mass is 32.2. The molecule has 0 aromatic heterocycles. The molecule has 156 valence electrons. The van der Waals surface area contributed by atoms with Crippen molar-refractivity contribution in [3.8, 4) is 5.75 Å². The van der Waals surface area contributed by atoms with E-state index in [0.717, 1.165) is 12.8 Å². The number of hydrogen-bond donors (Lipinski definition) is 1. The third kappa shape index (κ3) is 5.09. The van der Waals surface area contributed by atoms with Crippen LogP contribution in [0.2, 0.25) is 0 Å². The molecular weight excluding hydrogens is 388 g/mol. The lowest BCUT2D eigenvalue weighted by molar-refractivity contribution is 0.0683. The van der Waals surface area contributed by atoms with Crippen LogP contribution < -0.4 is 9.46 Å². The monoisotopic (exact) mass is 416 g/mol. The van der Waals surface area contributed by atoms with Gasteiger partial charge in [0.1, 0.15) is 5.75 Å². The Morgan fingerprint density at radius 3 is 2.59 bits per heavy atom. The molecule has 1 fully saturated rings. The average molecular weight is 417 g/mol. The van der Waals surface area contributed by atoms with Gasteiger partial charge >= 0.3 is 0 Å². The van der Waals surface area contributed by atoms with Crippen LogP contribution in [0.15, 0.2) is 47.4 Å². The van der Waals surface area contributed by atoms with Crippen LogP contribution in [0, 0.1) is 12.8 Å². The van der Waals surface area contributed by atoms with Crippen molar-refractivity contribution in [2.75, 3.05) is 24.4 Å². The number of carbonyl (C=O) groups excluding carboxylic acids is 1. The highest BCUT2D eigenvalue weighted by molar-refractivity contribution is 7.92. The predicted molar refractivity (Wildman–Crippen MR) is 114 cm³/mol. The van der Waals surface area contributed by atoms with Crippen LogP contribution in [-0.4, -0.2) is 38.9 Å². The summed E-state index contributed by atoms with van der Waals surface area (Å²) >= 11 is 0.